The minimum Gasteiger partial charge on any atom is -0.458 e. The normalized spacial score (nSPS) is 20.6. The van der Waals surface area contributed by atoms with Crippen LogP contribution in [-0.4, -0.2) is 27.9 Å². The average Bonchev–Trinajstić information content (AvgIpc) is 3.06. The third kappa shape index (κ3) is 2.54. The molecule has 1 N–H and O–H groups in total. The molecule has 0 unspecified atom stereocenters. The van der Waals surface area contributed by atoms with E-state index >= 15 is 0 Å². The van der Waals surface area contributed by atoms with E-state index in [1.54, 1.807) is 32.3 Å². The standard InChI is InChI=1S/C18H16BrN3O3/c1-9(2)25-16(23)14-3-10-5-18(6-11(10)7-20-14)13-4-12(19)8-21-15(13)22-17(18)24/h3-4,7-9H,5-6H2,1-2H3,(H,21,22,24)/t18-/m1/s1. The lowest BCUT2D eigenvalue weighted by Gasteiger charge is -2.20. The monoisotopic (exact) mass is 401 g/mol. The second-order valence-electron chi connectivity index (χ2n) is 6.73. The first kappa shape index (κ1) is 16.2. The minimum absolute atomic E-state index is 0.0596. The van der Waals surface area contributed by atoms with Gasteiger partial charge in [-0.1, -0.05) is 0 Å². The van der Waals surface area contributed by atoms with E-state index in [0.29, 0.717) is 18.7 Å². The summed E-state index contributed by atoms with van der Waals surface area (Å²) >= 11 is 3.43. The molecule has 1 amide bonds. The Balaban J connectivity index is 1.71. The summed E-state index contributed by atoms with van der Waals surface area (Å²) in [6.07, 6.45) is 4.21. The van der Waals surface area contributed by atoms with Gasteiger partial charge in [0.15, 0.2) is 0 Å². The topological polar surface area (TPSA) is 81.2 Å². The van der Waals surface area contributed by atoms with Crippen molar-refractivity contribution in [1.82, 2.24) is 9.97 Å². The minimum atomic E-state index is -0.684. The summed E-state index contributed by atoms with van der Waals surface area (Å²) in [7, 11) is 0. The van der Waals surface area contributed by atoms with Crippen LogP contribution in [0.25, 0.3) is 0 Å². The number of hydrogen-bond acceptors (Lipinski definition) is 5. The lowest BCUT2D eigenvalue weighted by Crippen LogP contribution is -2.35. The number of esters is 1. The van der Waals surface area contributed by atoms with Crippen LogP contribution in [0.5, 0.6) is 0 Å². The number of fused-ring (bicyclic) bond motifs is 3. The molecule has 3 heterocycles. The number of aromatic nitrogens is 2. The van der Waals surface area contributed by atoms with Gasteiger partial charge in [-0.25, -0.2) is 14.8 Å². The molecular weight excluding hydrogens is 386 g/mol. The quantitative estimate of drug-likeness (QED) is 0.782. The predicted molar refractivity (Wildman–Crippen MR) is 94.4 cm³/mol. The van der Waals surface area contributed by atoms with Gasteiger partial charge in [0.1, 0.15) is 11.5 Å². The molecule has 0 radical (unpaired) electrons. The summed E-state index contributed by atoms with van der Waals surface area (Å²) in [5.74, 6) is 0.100. The molecule has 0 saturated carbocycles. The van der Waals surface area contributed by atoms with Crippen molar-refractivity contribution in [2.24, 2.45) is 0 Å². The molecule has 4 rings (SSSR count). The lowest BCUT2D eigenvalue weighted by atomic mass is 9.79. The van der Waals surface area contributed by atoms with Crippen LogP contribution < -0.4 is 5.32 Å². The van der Waals surface area contributed by atoms with Gasteiger partial charge in [0.2, 0.25) is 5.91 Å². The van der Waals surface area contributed by atoms with Crippen LogP contribution >= 0.6 is 15.9 Å². The molecule has 0 aromatic carbocycles. The van der Waals surface area contributed by atoms with Gasteiger partial charge in [0.25, 0.3) is 0 Å². The SMILES string of the molecule is CC(C)OC(=O)c1cc2c(cn1)C[C@@]1(C2)C(=O)Nc2ncc(Br)cc21. The number of amides is 1. The number of rotatable bonds is 2. The maximum absolute atomic E-state index is 12.7. The molecule has 1 aliphatic carbocycles. The Bertz CT molecular complexity index is 912. The highest BCUT2D eigenvalue weighted by atomic mass is 79.9. The van der Waals surface area contributed by atoms with Gasteiger partial charge in [-0.15, -0.1) is 0 Å². The van der Waals surface area contributed by atoms with E-state index in [2.05, 4.69) is 31.2 Å². The van der Waals surface area contributed by atoms with Crippen molar-refractivity contribution >= 4 is 33.6 Å². The number of carbonyl (C=O) groups excluding carboxylic acids is 2. The van der Waals surface area contributed by atoms with Crippen molar-refractivity contribution in [2.75, 3.05) is 5.32 Å². The molecular formula is C18H16BrN3O3. The van der Waals surface area contributed by atoms with Crippen LogP contribution in [0.15, 0.2) is 29.0 Å². The van der Waals surface area contributed by atoms with Crippen molar-refractivity contribution in [1.29, 1.82) is 0 Å². The third-order valence-electron chi connectivity index (χ3n) is 4.66. The van der Waals surface area contributed by atoms with Crippen LogP contribution in [0, 0.1) is 0 Å². The molecule has 1 atom stereocenters. The van der Waals surface area contributed by atoms with Crippen molar-refractivity contribution < 1.29 is 14.3 Å². The van der Waals surface area contributed by atoms with Crippen molar-refractivity contribution in [3.8, 4) is 0 Å². The fourth-order valence-corrected chi connectivity index (χ4v) is 3.88. The Labute approximate surface area is 153 Å². The number of ether oxygens (including phenoxy) is 1. The zero-order valence-corrected chi connectivity index (χ0v) is 15.4. The Morgan fingerprint density at radius 3 is 2.76 bits per heavy atom. The number of halogens is 1. The smallest absolute Gasteiger partial charge is 0.357 e. The average molecular weight is 402 g/mol. The lowest BCUT2D eigenvalue weighted by molar-refractivity contribution is -0.120. The molecule has 25 heavy (non-hydrogen) atoms. The van der Waals surface area contributed by atoms with Crippen LogP contribution in [-0.2, 0) is 27.8 Å². The molecule has 6 nitrogen and oxygen atoms in total. The number of anilines is 1. The number of nitrogens with zero attached hydrogens (tertiary/aromatic N) is 2. The summed E-state index contributed by atoms with van der Waals surface area (Å²) in [5, 5.41) is 2.87. The van der Waals surface area contributed by atoms with E-state index < -0.39 is 11.4 Å². The Morgan fingerprint density at radius 2 is 2.00 bits per heavy atom. The number of carbonyl (C=O) groups is 2. The summed E-state index contributed by atoms with van der Waals surface area (Å²) < 4.78 is 6.04. The fourth-order valence-electron chi connectivity index (χ4n) is 3.55. The van der Waals surface area contributed by atoms with Crippen LogP contribution in [0.3, 0.4) is 0 Å². The van der Waals surface area contributed by atoms with Gasteiger partial charge in [-0.3, -0.25) is 4.79 Å². The Kier molecular flexibility index (Phi) is 3.64. The largest absolute Gasteiger partial charge is 0.458 e. The number of pyridine rings is 2. The van der Waals surface area contributed by atoms with Crippen molar-refractivity contribution in [3.05, 3.63) is 51.4 Å². The second kappa shape index (κ2) is 5.62. The van der Waals surface area contributed by atoms with E-state index in [9.17, 15) is 9.59 Å². The molecule has 1 spiro atoms. The van der Waals surface area contributed by atoms with E-state index in [4.69, 9.17) is 4.74 Å². The van der Waals surface area contributed by atoms with Gasteiger partial charge < -0.3 is 10.1 Å². The van der Waals surface area contributed by atoms with Gasteiger partial charge in [-0.05, 0) is 65.9 Å². The van der Waals surface area contributed by atoms with Gasteiger partial charge in [0.05, 0.1) is 11.5 Å². The first-order valence-corrected chi connectivity index (χ1v) is 8.84. The molecule has 2 aliphatic rings. The van der Waals surface area contributed by atoms with E-state index in [-0.39, 0.29) is 17.7 Å². The molecule has 128 valence electrons. The van der Waals surface area contributed by atoms with Crippen molar-refractivity contribution in [3.63, 3.8) is 0 Å². The van der Waals surface area contributed by atoms with Gasteiger partial charge in [-0.2, -0.15) is 0 Å². The molecule has 0 saturated heterocycles. The molecule has 0 bridgehead atoms. The van der Waals surface area contributed by atoms with E-state index in [1.807, 2.05) is 6.07 Å². The highest BCUT2D eigenvalue weighted by molar-refractivity contribution is 9.10. The van der Waals surface area contributed by atoms with Gasteiger partial charge >= 0.3 is 5.97 Å². The summed E-state index contributed by atoms with van der Waals surface area (Å²) in [4.78, 5) is 33.3. The first-order chi connectivity index (χ1) is 11.9. The van der Waals surface area contributed by atoms with Crippen LogP contribution in [0.2, 0.25) is 0 Å². The third-order valence-corrected chi connectivity index (χ3v) is 5.09. The second-order valence-corrected chi connectivity index (χ2v) is 7.65. The molecule has 7 heteroatoms. The Hall–Kier alpha value is -2.28. The summed E-state index contributed by atoms with van der Waals surface area (Å²) in [6.45, 7) is 3.59. The molecule has 2 aromatic heterocycles. The van der Waals surface area contributed by atoms with E-state index in [0.717, 1.165) is 21.2 Å². The highest BCUT2D eigenvalue weighted by Crippen LogP contribution is 2.47. The fraction of sp³-hybridized carbons (Fsp3) is 0.333. The summed E-state index contributed by atoms with van der Waals surface area (Å²) in [6, 6.07) is 3.68. The van der Waals surface area contributed by atoms with Crippen molar-refractivity contribution in [2.45, 2.75) is 38.2 Å². The maximum Gasteiger partial charge on any atom is 0.357 e. The van der Waals surface area contributed by atoms with Crippen LogP contribution in [0.4, 0.5) is 5.82 Å². The summed E-state index contributed by atoms with van der Waals surface area (Å²) in [5.41, 5.74) is 2.40. The maximum atomic E-state index is 12.7. The Morgan fingerprint density at radius 1 is 1.24 bits per heavy atom. The molecule has 2 aromatic rings. The van der Waals surface area contributed by atoms with Crippen LogP contribution in [0.1, 0.15) is 41.0 Å². The highest BCUT2D eigenvalue weighted by Gasteiger charge is 2.51. The zero-order chi connectivity index (χ0) is 17.8. The first-order valence-electron chi connectivity index (χ1n) is 8.05. The predicted octanol–water partition coefficient (Wildman–Crippen LogP) is 2.79. The van der Waals surface area contributed by atoms with E-state index in [1.165, 1.54) is 0 Å². The number of nitrogens with one attached hydrogen (secondary N) is 1. The zero-order valence-electron chi connectivity index (χ0n) is 13.8. The molecule has 0 fully saturated rings. The van der Waals surface area contributed by atoms with Gasteiger partial charge in [0, 0.05) is 22.4 Å². The molecule has 1 aliphatic heterocycles. The number of hydrogen-bond donors (Lipinski definition) is 1.